The first-order valence-corrected chi connectivity index (χ1v) is 6.97. The lowest BCUT2D eigenvalue weighted by molar-refractivity contribution is 1.31. The summed E-state index contributed by atoms with van der Waals surface area (Å²) in [4.78, 5) is 2.12. The molecule has 2 rings (SSSR count). The molecule has 2 aromatic carbocycles. The molecule has 0 unspecified atom stereocenters. The molecule has 0 amide bonds. The second-order valence-electron chi connectivity index (χ2n) is 3.72. The summed E-state index contributed by atoms with van der Waals surface area (Å²) in [5.74, 6) is 0. The molecule has 0 aliphatic rings. The normalized spacial score (nSPS) is 12.1. The Hall–Kier alpha value is -1.16. The Labute approximate surface area is 118 Å². The summed E-state index contributed by atoms with van der Waals surface area (Å²) in [5, 5.41) is 0. The monoisotopic (exact) mass is 273 g/mol. The van der Waals surface area contributed by atoms with Crippen LogP contribution in [0.2, 0.25) is 0 Å². The van der Waals surface area contributed by atoms with Crippen molar-refractivity contribution in [3.05, 3.63) is 71.8 Å². The zero-order chi connectivity index (χ0) is 12.8. The molecule has 0 fully saturated rings. The summed E-state index contributed by atoms with van der Waals surface area (Å²) < 4.78 is 3.13. The van der Waals surface area contributed by atoms with Crippen LogP contribution in [0.5, 0.6) is 0 Å². The molecule has 92 valence electrons. The van der Waals surface area contributed by atoms with Gasteiger partial charge >= 0.3 is 0 Å². The lowest BCUT2D eigenvalue weighted by atomic mass is 10.1. The number of thiol groups is 1. The van der Waals surface area contributed by atoms with Gasteiger partial charge in [-0.3, -0.25) is 4.72 Å². The second kappa shape index (κ2) is 6.69. The van der Waals surface area contributed by atoms with Gasteiger partial charge in [-0.05, 0) is 30.1 Å². The third kappa shape index (κ3) is 3.19. The van der Waals surface area contributed by atoms with E-state index in [-0.39, 0.29) is 0 Å². The summed E-state index contributed by atoms with van der Waals surface area (Å²) in [6, 6.07) is 20.5. The van der Waals surface area contributed by atoms with Crippen molar-refractivity contribution in [2.24, 2.45) is 0 Å². The maximum absolute atomic E-state index is 4.68. The second-order valence-corrected chi connectivity index (χ2v) is 5.18. The Kier molecular flexibility index (Phi) is 4.93. The molecule has 1 nitrogen and oxygen atoms in total. The van der Waals surface area contributed by atoms with E-state index < -0.39 is 0 Å². The highest BCUT2D eigenvalue weighted by Crippen LogP contribution is 2.35. The predicted molar refractivity (Wildman–Crippen MR) is 85.3 cm³/mol. The van der Waals surface area contributed by atoms with E-state index in [2.05, 4.69) is 41.6 Å². The molecule has 0 aliphatic heterocycles. The molecular weight excluding hydrogens is 258 g/mol. The van der Waals surface area contributed by atoms with Gasteiger partial charge < -0.3 is 0 Å². The van der Waals surface area contributed by atoms with Crippen LogP contribution in [0.25, 0.3) is 9.81 Å². The van der Waals surface area contributed by atoms with Crippen molar-refractivity contribution >= 4 is 34.4 Å². The summed E-state index contributed by atoms with van der Waals surface area (Å²) in [7, 11) is 1.92. The molecule has 0 aliphatic carbocycles. The van der Waals surface area contributed by atoms with Gasteiger partial charge in [0.05, 0.1) is 0 Å². The minimum absolute atomic E-state index is 0.987. The zero-order valence-electron chi connectivity index (χ0n) is 10.1. The summed E-state index contributed by atoms with van der Waals surface area (Å²) in [6.45, 7) is 0. The Morgan fingerprint density at radius 2 is 1.39 bits per heavy atom. The van der Waals surface area contributed by atoms with Crippen LogP contribution in [0.1, 0.15) is 11.1 Å². The van der Waals surface area contributed by atoms with Crippen LogP contribution in [-0.4, -0.2) is 7.05 Å². The van der Waals surface area contributed by atoms with E-state index in [1.165, 1.54) is 5.56 Å². The fraction of sp³-hybridized carbons (Fsp3) is 0.0667. The van der Waals surface area contributed by atoms with Crippen LogP contribution >= 0.6 is 24.6 Å². The minimum atomic E-state index is 0.987. The standard InChI is InChI=1S/C15H15NS2/c1-16-18-15(13-10-6-3-7-11-13)14(17)12-8-4-2-5-9-12/h2-11,16-17H,1H3/b15-14-. The van der Waals surface area contributed by atoms with E-state index in [1.807, 2.05) is 43.4 Å². The van der Waals surface area contributed by atoms with E-state index in [1.54, 1.807) is 11.9 Å². The molecule has 0 saturated carbocycles. The molecule has 0 bridgehead atoms. The molecule has 2 aromatic rings. The Bertz CT molecular complexity index is 521. The fourth-order valence-electron chi connectivity index (χ4n) is 1.66. The lowest BCUT2D eigenvalue weighted by Gasteiger charge is -2.11. The van der Waals surface area contributed by atoms with Crippen molar-refractivity contribution in [1.29, 1.82) is 0 Å². The average Bonchev–Trinajstić information content (AvgIpc) is 2.46. The smallest absolute Gasteiger partial charge is 0.0439 e. The van der Waals surface area contributed by atoms with Gasteiger partial charge in [0, 0.05) is 9.81 Å². The maximum Gasteiger partial charge on any atom is 0.0439 e. The van der Waals surface area contributed by atoms with Crippen LogP contribution < -0.4 is 4.72 Å². The third-order valence-electron chi connectivity index (χ3n) is 2.50. The van der Waals surface area contributed by atoms with Crippen molar-refractivity contribution in [3.8, 4) is 0 Å². The molecule has 0 spiro atoms. The van der Waals surface area contributed by atoms with Crippen LogP contribution in [0.15, 0.2) is 60.7 Å². The van der Waals surface area contributed by atoms with Crippen LogP contribution in [-0.2, 0) is 0 Å². The van der Waals surface area contributed by atoms with E-state index >= 15 is 0 Å². The predicted octanol–water partition coefficient (Wildman–Crippen LogP) is 4.31. The first kappa shape index (κ1) is 13.3. The quantitative estimate of drug-likeness (QED) is 0.489. The number of nitrogens with one attached hydrogen (secondary N) is 1. The van der Waals surface area contributed by atoms with Gasteiger partial charge in [0.1, 0.15) is 0 Å². The van der Waals surface area contributed by atoms with Gasteiger partial charge in [-0.25, -0.2) is 0 Å². The average molecular weight is 273 g/mol. The molecule has 1 N–H and O–H groups in total. The highest BCUT2D eigenvalue weighted by Gasteiger charge is 2.08. The highest BCUT2D eigenvalue weighted by atomic mass is 32.2. The SMILES string of the molecule is CNS/C(=C(\S)c1ccccc1)c1ccccc1. The molecule has 0 heterocycles. The summed E-state index contributed by atoms with van der Waals surface area (Å²) in [5.41, 5.74) is 2.30. The van der Waals surface area contributed by atoms with Gasteiger partial charge in [-0.2, -0.15) is 0 Å². The van der Waals surface area contributed by atoms with Crippen molar-refractivity contribution in [3.63, 3.8) is 0 Å². The number of hydrogen-bond acceptors (Lipinski definition) is 3. The van der Waals surface area contributed by atoms with Gasteiger partial charge in [-0.1, -0.05) is 60.7 Å². The van der Waals surface area contributed by atoms with Gasteiger partial charge in [0.15, 0.2) is 0 Å². The van der Waals surface area contributed by atoms with E-state index in [4.69, 9.17) is 0 Å². The maximum atomic E-state index is 4.68. The van der Waals surface area contributed by atoms with Crippen molar-refractivity contribution in [1.82, 2.24) is 4.72 Å². The van der Waals surface area contributed by atoms with Crippen LogP contribution in [0.4, 0.5) is 0 Å². The molecule has 0 radical (unpaired) electrons. The minimum Gasteiger partial charge on any atom is -0.263 e. The van der Waals surface area contributed by atoms with Crippen molar-refractivity contribution in [2.75, 3.05) is 7.05 Å². The van der Waals surface area contributed by atoms with E-state index in [0.717, 1.165) is 15.4 Å². The highest BCUT2D eigenvalue weighted by molar-refractivity contribution is 8.08. The Morgan fingerprint density at radius 1 is 0.889 bits per heavy atom. The number of rotatable bonds is 4. The Balaban J connectivity index is 2.47. The van der Waals surface area contributed by atoms with Gasteiger partial charge in [0.2, 0.25) is 0 Å². The summed E-state index contributed by atoms with van der Waals surface area (Å²) >= 11 is 6.26. The molecule has 18 heavy (non-hydrogen) atoms. The molecule has 3 heteroatoms. The number of benzene rings is 2. The molecule has 0 saturated heterocycles. The van der Waals surface area contributed by atoms with Crippen molar-refractivity contribution in [2.45, 2.75) is 0 Å². The van der Waals surface area contributed by atoms with Gasteiger partial charge in [0.25, 0.3) is 0 Å². The van der Waals surface area contributed by atoms with Crippen LogP contribution in [0.3, 0.4) is 0 Å². The van der Waals surface area contributed by atoms with E-state index in [9.17, 15) is 0 Å². The van der Waals surface area contributed by atoms with Crippen molar-refractivity contribution < 1.29 is 0 Å². The first-order valence-electron chi connectivity index (χ1n) is 5.70. The molecular formula is C15H15NS2. The largest absolute Gasteiger partial charge is 0.263 e. The third-order valence-corrected chi connectivity index (χ3v) is 3.98. The topological polar surface area (TPSA) is 12.0 Å². The molecule has 0 atom stereocenters. The van der Waals surface area contributed by atoms with E-state index in [0.29, 0.717) is 0 Å². The Morgan fingerprint density at radius 3 is 1.89 bits per heavy atom. The summed E-state index contributed by atoms with van der Waals surface area (Å²) in [6.07, 6.45) is 0. The fourth-order valence-corrected chi connectivity index (χ4v) is 2.75. The van der Waals surface area contributed by atoms with Crippen LogP contribution in [0, 0.1) is 0 Å². The number of hydrogen-bond donors (Lipinski definition) is 2. The zero-order valence-corrected chi connectivity index (χ0v) is 11.8. The first-order chi connectivity index (χ1) is 8.83. The van der Waals surface area contributed by atoms with Gasteiger partial charge in [-0.15, -0.1) is 12.6 Å². The molecule has 0 aromatic heterocycles. The lowest BCUT2D eigenvalue weighted by Crippen LogP contribution is -1.94.